The minimum atomic E-state index is -0.511. The molecule has 0 fully saturated rings. The van der Waals surface area contributed by atoms with Crippen molar-refractivity contribution in [3.05, 3.63) is 45.7 Å². The molecule has 0 saturated heterocycles. The van der Waals surface area contributed by atoms with Crippen molar-refractivity contribution in [3.8, 4) is 0 Å². The smallest absolute Gasteiger partial charge is 0.228 e. The van der Waals surface area contributed by atoms with E-state index in [2.05, 4.69) is 0 Å². The highest BCUT2D eigenvalue weighted by molar-refractivity contribution is 6.32. The first kappa shape index (κ1) is 10.9. The number of ketones is 2. The highest BCUT2D eigenvalue weighted by atomic mass is 35.5. The number of rotatable bonds is 1. The molecule has 0 amide bonds. The maximum atomic E-state index is 11.9. The van der Waals surface area contributed by atoms with Crippen molar-refractivity contribution in [2.75, 3.05) is 0 Å². The molecule has 0 saturated carbocycles. The third kappa shape index (κ3) is 1.44. The Balaban J connectivity index is 2.69. The van der Waals surface area contributed by atoms with Crippen molar-refractivity contribution in [2.45, 2.75) is 13.3 Å². The van der Waals surface area contributed by atoms with E-state index in [1.54, 1.807) is 6.92 Å². The molecule has 82 valence electrons. The number of aliphatic hydroxyl groups is 1. The number of aliphatic hydroxyl groups excluding tert-OH is 1. The summed E-state index contributed by atoms with van der Waals surface area (Å²) >= 11 is 5.77. The largest absolute Gasteiger partial charge is 0.504 e. The summed E-state index contributed by atoms with van der Waals surface area (Å²) in [6.07, 6.45) is 0.322. The van der Waals surface area contributed by atoms with Crippen LogP contribution in [0.3, 0.4) is 0 Å². The lowest BCUT2D eigenvalue weighted by atomic mass is 9.87. The fraction of sp³-hybridized carbons (Fsp3) is 0.167. The molecule has 16 heavy (non-hydrogen) atoms. The van der Waals surface area contributed by atoms with Crippen molar-refractivity contribution in [3.63, 3.8) is 0 Å². The van der Waals surface area contributed by atoms with E-state index < -0.39 is 11.5 Å². The number of benzene rings is 1. The quantitative estimate of drug-likeness (QED) is 0.816. The molecule has 0 heterocycles. The molecule has 0 aromatic heterocycles. The number of carbonyl (C=O) groups excluding carboxylic acids is 2. The van der Waals surface area contributed by atoms with Gasteiger partial charge >= 0.3 is 0 Å². The zero-order valence-corrected chi connectivity index (χ0v) is 9.34. The summed E-state index contributed by atoms with van der Waals surface area (Å²) < 4.78 is 0. The van der Waals surface area contributed by atoms with Gasteiger partial charge in [0.05, 0.1) is 0 Å². The lowest BCUT2D eigenvalue weighted by Crippen LogP contribution is -2.21. The minimum Gasteiger partial charge on any atom is -0.504 e. The standard InChI is InChI=1S/C12H9ClO3/c1-2-7-10(14)9-5-6(13)3-4-8(9)12(16)11(7)15/h3-5,15H,2H2,1H3. The fourth-order valence-corrected chi connectivity index (χ4v) is 1.94. The highest BCUT2D eigenvalue weighted by Gasteiger charge is 2.31. The van der Waals surface area contributed by atoms with Crippen molar-refractivity contribution in [1.29, 1.82) is 0 Å². The first-order valence-corrected chi connectivity index (χ1v) is 5.25. The molecule has 1 aromatic rings. The van der Waals surface area contributed by atoms with E-state index in [1.165, 1.54) is 18.2 Å². The van der Waals surface area contributed by atoms with Gasteiger partial charge < -0.3 is 5.11 Å². The predicted octanol–water partition coefficient (Wildman–Crippen LogP) is 2.94. The maximum absolute atomic E-state index is 11.9. The number of hydrogen-bond acceptors (Lipinski definition) is 3. The van der Waals surface area contributed by atoms with E-state index in [9.17, 15) is 14.7 Å². The molecular weight excluding hydrogens is 228 g/mol. The molecule has 0 radical (unpaired) electrons. The van der Waals surface area contributed by atoms with Crippen LogP contribution in [0, 0.1) is 0 Å². The normalized spacial score (nSPS) is 15.4. The van der Waals surface area contributed by atoms with Gasteiger partial charge in [0.2, 0.25) is 5.78 Å². The van der Waals surface area contributed by atoms with Gasteiger partial charge in [-0.25, -0.2) is 0 Å². The van der Waals surface area contributed by atoms with Crippen LogP contribution in [0.1, 0.15) is 34.1 Å². The van der Waals surface area contributed by atoms with Crippen LogP contribution in [-0.2, 0) is 0 Å². The first-order valence-electron chi connectivity index (χ1n) is 4.87. The van der Waals surface area contributed by atoms with Gasteiger partial charge in [0.1, 0.15) is 0 Å². The van der Waals surface area contributed by atoms with Crippen LogP contribution in [0.5, 0.6) is 0 Å². The molecule has 0 bridgehead atoms. The van der Waals surface area contributed by atoms with E-state index >= 15 is 0 Å². The number of halogens is 1. The number of Topliss-reactive ketones (excluding diaryl/α,β-unsaturated/α-hetero) is 2. The summed E-state index contributed by atoms with van der Waals surface area (Å²) in [6, 6.07) is 4.44. The molecule has 0 spiro atoms. The topological polar surface area (TPSA) is 54.4 Å². The Morgan fingerprint density at radius 1 is 1.19 bits per heavy atom. The molecule has 3 nitrogen and oxygen atoms in total. The maximum Gasteiger partial charge on any atom is 0.228 e. The molecule has 1 aromatic carbocycles. The minimum absolute atomic E-state index is 0.153. The van der Waals surface area contributed by atoms with Crippen LogP contribution in [0.4, 0.5) is 0 Å². The van der Waals surface area contributed by atoms with E-state index in [4.69, 9.17) is 11.6 Å². The second-order valence-electron chi connectivity index (χ2n) is 3.53. The summed E-state index contributed by atoms with van der Waals surface area (Å²) in [6.45, 7) is 1.71. The molecule has 1 aliphatic rings. The first-order chi connectivity index (χ1) is 7.56. The van der Waals surface area contributed by atoms with Gasteiger partial charge in [0, 0.05) is 21.7 Å². The Hall–Kier alpha value is -1.61. The average molecular weight is 237 g/mol. The summed E-state index contributed by atoms with van der Waals surface area (Å²) in [4.78, 5) is 23.7. The molecular formula is C12H9ClO3. The fourth-order valence-electron chi connectivity index (χ4n) is 1.77. The van der Waals surface area contributed by atoms with Gasteiger partial charge in [-0.15, -0.1) is 0 Å². The summed E-state index contributed by atoms with van der Waals surface area (Å²) in [5.74, 6) is -1.28. The third-order valence-electron chi connectivity index (χ3n) is 2.60. The lowest BCUT2D eigenvalue weighted by molar-refractivity contribution is 0.0927. The molecule has 2 rings (SSSR count). The number of allylic oxidation sites excluding steroid dienone is 2. The zero-order chi connectivity index (χ0) is 11.9. The van der Waals surface area contributed by atoms with Crippen molar-refractivity contribution in [1.82, 2.24) is 0 Å². The van der Waals surface area contributed by atoms with Crippen LogP contribution >= 0.6 is 11.6 Å². The van der Waals surface area contributed by atoms with Crippen LogP contribution < -0.4 is 0 Å². The summed E-state index contributed by atoms with van der Waals surface area (Å²) in [5.41, 5.74) is 0.635. The Morgan fingerprint density at radius 2 is 1.88 bits per heavy atom. The van der Waals surface area contributed by atoms with E-state index in [-0.39, 0.29) is 22.5 Å². The van der Waals surface area contributed by atoms with Crippen molar-refractivity contribution >= 4 is 23.2 Å². The average Bonchev–Trinajstić information content (AvgIpc) is 2.27. The Labute approximate surface area is 97.3 Å². The number of hydrogen-bond donors (Lipinski definition) is 1. The highest BCUT2D eigenvalue weighted by Crippen LogP contribution is 2.28. The molecule has 0 atom stereocenters. The number of fused-ring (bicyclic) bond motifs is 1. The van der Waals surface area contributed by atoms with Crippen LogP contribution in [-0.4, -0.2) is 16.7 Å². The third-order valence-corrected chi connectivity index (χ3v) is 2.83. The second-order valence-corrected chi connectivity index (χ2v) is 3.97. The van der Waals surface area contributed by atoms with Gasteiger partial charge in [0.25, 0.3) is 0 Å². The van der Waals surface area contributed by atoms with E-state index in [0.717, 1.165) is 0 Å². The van der Waals surface area contributed by atoms with Crippen LogP contribution in [0.15, 0.2) is 29.5 Å². The summed E-state index contributed by atoms with van der Waals surface area (Å²) in [5, 5.41) is 10.00. The molecule has 1 N–H and O–H groups in total. The molecule has 1 aliphatic carbocycles. The SMILES string of the molecule is CCC1=C(O)C(=O)c2ccc(Cl)cc2C1=O. The van der Waals surface area contributed by atoms with Crippen LogP contribution in [0.2, 0.25) is 5.02 Å². The zero-order valence-electron chi connectivity index (χ0n) is 8.58. The molecule has 0 aliphatic heterocycles. The van der Waals surface area contributed by atoms with Crippen LogP contribution in [0.25, 0.3) is 0 Å². The predicted molar refractivity (Wildman–Crippen MR) is 60.1 cm³/mol. The van der Waals surface area contributed by atoms with Crippen molar-refractivity contribution < 1.29 is 14.7 Å². The van der Waals surface area contributed by atoms with E-state index in [0.29, 0.717) is 11.4 Å². The van der Waals surface area contributed by atoms with Gasteiger partial charge in [-0.1, -0.05) is 18.5 Å². The van der Waals surface area contributed by atoms with E-state index in [1.807, 2.05) is 0 Å². The van der Waals surface area contributed by atoms with Gasteiger partial charge in [0.15, 0.2) is 11.5 Å². The van der Waals surface area contributed by atoms with Gasteiger partial charge in [-0.3, -0.25) is 9.59 Å². The van der Waals surface area contributed by atoms with Crippen molar-refractivity contribution in [2.24, 2.45) is 0 Å². The lowest BCUT2D eigenvalue weighted by Gasteiger charge is -2.16. The Bertz CT molecular complexity index is 529. The van der Waals surface area contributed by atoms with Gasteiger partial charge in [-0.2, -0.15) is 0 Å². The molecule has 0 unspecified atom stereocenters. The Kier molecular flexibility index (Phi) is 2.56. The Morgan fingerprint density at radius 3 is 2.50 bits per heavy atom. The number of carbonyl (C=O) groups is 2. The molecule has 4 heteroatoms. The monoisotopic (exact) mass is 236 g/mol. The summed E-state index contributed by atoms with van der Waals surface area (Å²) in [7, 11) is 0. The second kappa shape index (κ2) is 3.76. The van der Waals surface area contributed by atoms with Gasteiger partial charge in [-0.05, 0) is 24.6 Å².